The van der Waals surface area contributed by atoms with E-state index in [1.54, 1.807) is 12.1 Å². The zero-order valence-corrected chi connectivity index (χ0v) is 6.63. The first-order valence-electron chi connectivity index (χ1n) is 3.68. The molecule has 2 aromatic heterocycles. The second-order valence-corrected chi connectivity index (χ2v) is 2.68. The van der Waals surface area contributed by atoms with Gasteiger partial charge in [0.15, 0.2) is 0 Å². The molecule has 0 atom stereocenters. The van der Waals surface area contributed by atoms with Crippen molar-refractivity contribution in [3.8, 4) is 0 Å². The van der Waals surface area contributed by atoms with Crippen molar-refractivity contribution in [3.63, 3.8) is 0 Å². The lowest BCUT2D eigenvalue weighted by atomic mass is 10.3. The van der Waals surface area contributed by atoms with Gasteiger partial charge in [0, 0.05) is 11.6 Å². The van der Waals surface area contributed by atoms with Gasteiger partial charge in [0.05, 0.1) is 0 Å². The van der Waals surface area contributed by atoms with Gasteiger partial charge < -0.3 is 15.7 Å². The fourth-order valence-corrected chi connectivity index (χ4v) is 1.20. The molecule has 5 nitrogen and oxygen atoms in total. The first-order valence-corrected chi connectivity index (χ1v) is 3.68. The molecule has 0 unspecified atom stereocenters. The van der Waals surface area contributed by atoms with Crippen molar-refractivity contribution in [2.24, 2.45) is 5.73 Å². The molecule has 0 aliphatic heterocycles. The minimum atomic E-state index is -0.574. The Morgan fingerprint density at radius 3 is 2.85 bits per heavy atom. The number of H-pyrrole nitrogens is 2. The molecule has 5 heteroatoms. The minimum Gasteiger partial charge on any atom is -0.364 e. The van der Waals surface area contributed by atoms with E-state index >= 15 is 0 Å². The Hall–Kier alpha value is -2.04. The molecule has 0 saturated carbocycles. The Labute approximate surface area is 72.6 Å². The third-order valence-electron chi connectivity index (χ3n) is 1.82. The number of fused-ring (bicyclic) bond motifs is 1. The maximum Gasteiger partial charge on any atom is 0.272 e. The van der Waals surface area contributed by atoms with E-state index in [1.807, 2.05) is 0 Å². The van der Waals surface area contributed by atoms with E-state index in [4.69, 9.17) is 5.73 Å². The van der Waals surface area contributed by atoms with Crippen LogP contribution in [-0.4, -0.2) is 15.9 Å². The van der Waals surface area contributed by atoms with Gasteiger partial charge >= 0.3 is 0 Å². The van der Waals surface area contributed by atoms with Gasteiger partial charge in [-0.05, 0) is 12.1 Å². The molecule has 0 aliphatic carbocycles. The number of nitrogens with two attached hydrogens (primary N) is 1. The number of nitrogens with one attached hydrogen (secondary N) is 2. The van der Waals surface area contributed by atoms with E-state index in [-0.39, 0.29) is 11.3 Å². The Morgan fingerprint density at radius 1 is 1.46 bits per heavy atom. The molecule has 2 rings (SSSR count). The molecule has 0 bridgehead atoms. The van der Waals surface area contributed by atoms with Crippen molar-refractivity contribution in [3.05, 3.63) is 34.4 Å². The number of amides is 1. The summed E-state index contributed by atoms with van der Waals surface area (Å²) < 4.78 is 0. The third kappa shape index (κ3) is 1.10. The highest BCUT2D eigenvalue weighted by atomic mass is 16.1. The molecule has 0 saturated heterocycles. The molecule has 4 N–H and O–H groups in total. The normalized spacial score (nSPS) is 10.5. The third-order valence-corrected chi connectivity index (χ3v) is 1.82. The Bertz CT molecular complexity index is 523. The van der Waals surface area contributed by atoms with Crippen LogP contribution in [0.4, 0.5) is 0 Å². The van der Waals surface area contributed by atoms with Crippen LogP contribution in [0.25, 0.3) is 10.9 Å². The molecule has 0 aromatic carbocycles. The van der Waals surface area contributed by atoms with Crippen molar-refractivity contribution in [1.29, 1.82) is 0 Å². The largest absolute Gasteiger partial charge is 0.364 e. The molecule has 2 aromatic rings. The summed E-state index contributed by atoms with van der Waals surface area (Å²) in [5.74, 6) is -0.574. The number of aromatic amines is 2. The van der Waals surface area contributed by atoms with E-state index in [9.17, 15) is 9.59 Å². The van der Waals surface area contributed by atoms with Crippen LogP contribution in [0.2, 0.25) is 0 Å². The monoisotopic (exact) mass is 177 g/mol. The number of primary amides is 1. The average Bonchev–Trinajstić information content (AvgIpc) is 2.49. The number of carbonyl (C=O) groups excluding carboxylic acids is 1. The predicted molar refractivity (Wildman–Crippen MR) is 47.4 cm³/mol. The van der Waals surface area contributed by atoms with Gasteiger partial charge in [0.1, 0.15) is 11.2 Å². The van der Waals surface area contributed by atoms with Gasteiger partial charge in [-0.25, -0.2) is 0 Å². The number of carbonyl (C=O) groups is 1. The van der Waals surface area contributed by atoms with Crippen molar-refractivity contribution in [1.82, 2.24) is 9.97 Å². The van der Waals surface area contributed by atoms with Crippen LogP contribution >= 0.6 is 0 Å². The number of rotatable bonds is 1. The van der Waals surface area contributed by atoms with E-state index in [0.717, 1.165) is 0 Å². The summed E-state index contributed by atoms with van der Waals surface area (Å²) in [6.45, 7) is 0. The number of hydrogen-bond acceptors (Lipinski definition) is 2. The molecular weight excluding hydrogens is 170 g/mol. The summed E-state index contributed by atoms with van der Waals surface area (Å²) >= 11 is 0. The van der Waals surface area contributed by atoms with Gasteiger partial charge in [-0.1, -0.05) is 0 Å². The van der Waals surface area contributed by atoms with Crippen molar-refractivity contribution in [2.45, 2.75) is 0 Å². The molecule has 2 heterocycles. The van der Waals surface area contributed by atoms with Crippen molar-refractivity contribution in [2.75, 3.05) is 0 Å². The molecular formula is C8H7N3O2. The average molecular weight is 177 g/mol. The lowest BCUT2D eigenvalue weighted by Crippen LogP contribution is -2.11. The summed E-state index contributed by atoms with van der Waals surface area (Å²) in [5, 5.41) is 0.678. The summed E-state index contributed by atoms with van der Waals surface area (Å²) in [5.41, 5.74) is 5.40. The van der Waals surface area contributed by atoms with Crippen LogP contribution in [0.15, 0.2) is 23.1 Å². The molecule has 0 fully saturated rings. The first-order chi connectivity index (χ1) is 6.18. The summed E-state index contributed by atoms with van der Waals surface area (Å²) in [6.07, 6.45) is 1.52. The van der Waals surface area contributed by atoms with Crippen molar-refractivity contribution >= 4 is 16.8 Å². The predicted octanol–water partition coefficient (Wildman–Crippen LogP) is -0.0449. The van der Waals surface area contributed by atoms with Crippen LogP contribution in [0.5, 0.6) is 0 Å². The van der Waals surface area contributed by atoms with E-state index in [2.05, 4.69) is 9.97 Å². The molecule has 1 amide bonds. The van der Waals surface area contributed by atoms with Gasteiger partial charge in [-0.2, -0.15) is 0 Å². The lowest BCUT2D eigenvalue weighted by Gasteiger charge is -1.85. The fourth-order valence-electron chi connectivity index (χ4n) is 1.20. The van der Waals surface area contributed by atoms with Crippen LogP contribution in [0, 0.1) is 0 Å². The van der Waals surface area contributed by atoms with Gasteiger partial charge in [-0.15, -0.1) is 0 Å². The van der Waals surface area contributed by atoms with Crippen LogP contribution < -0.4 is 11.3 Å². The maximum atomic E-state index is 11.2. The summed E-state index contributed by atoms with van der Waals surface area (Å²) in [6, 6.07) is 3.24. The van der Waals surface area contributed by atoms with Gasteiger partial charge in [0.2, 0.25) is 0 Å². The SMILES string of the molecule is NC(=O)c1cc2cc[nH]c(=O)c2[nH]1. The first kappa shape index (κ1) is 7.60. The highest BCUT2D eigenvalue weighted by Crippen LogP contribution is 2.09. The lowest BCUT2D eigenvalue weighted by molar-refractivity contribution is 0.0996. The molecule has 0 aliphatic rings. The Balaban J connectivity index is 2.83. The zero-order chi connectivity index (χ0) is 9.42. The second kappa shape index (κ2) is 2.48. The molecule has 66 valence electrons. The van der Waals surface area contributed by atoms with Crippen LogP contribution in [0.3, 0.4) is 0 Å². The Kier molecular flexibility index (Phi) is 1.45. The van der Waals surface area contributed by atoms with Gasteiger partial charge in [0.25, 0.3) is 11.5 Å². The summed E-state index contributed by atoms with van der Waals surface area (Å²) in [7, 11) is 0. The minimum absolute atomic E-state index is 0.242. The fraction of sp³-hybridized carbons (Fsp3) is 0. The zero-order valence-electron chi connectivity index (χ0n) is 6.63. The molecule has 13 heavy (non-hydrogen) atoms. The highest BCUT2D eigenvalue weighted by Gasteiger charge is 2.06. The maximum absolute atomic E-state index is 11.2. The molecule has 0 spiro atoms. The van der Waals surface area contributed by atoms with Crippen LogP contribution in [0.1, 0.15) is 10.5 Å². The summed E-state index contributed by atoms with van der Waals surface area (Å²) in [4.78, 5) is 27.1. The van der Waals surface area contributed by atoms with E-state index in [1.165, 1.54) is 6.20 Å². The number of hydrogen-bond donors (Lipinski definition) is 3. The number of aromatic nitrogens is 2. The van der Waals surface area contributed by atoms with Crippen LogP contribution in [-0.2, 0) is 0 Å². The van der Waals surface area contributed by atoms with E-state index in [0.29, 0.717) is 10.9 Å². The quantitative estimate of drug-likeness (QED) is 0.570. The smallest absolute Gasteiger partial charge is 0.272 e. The standard InChI is InChI=1S/C8H7N3O2/c9-7(12)5-3-4-1-2-10-8(13)6(4)11-5/h1-3,11H,(H2,9,12)(H,10,13). The second-order valence-electron chi connectivity index (χ2n) is 2.68. The topological polar surface area (TPSA) is 91.7 Å². The Morgan fingerprint density at radius 2 is 2.23 bits per heavy atom. The highest BCUT2D eigenvalue weighted by molar-refractivity contribution is 5.96. The van der Waals surface area contributed by atoms with E-state index < -0.39 is 5.91 Å². The van der Waals surface area contributed by atoms with Crippen molar-refractivity contribution < 1.29 is 4.79 Å². The van der Waals surface area contributed by atoms with Gasteiger partial charge in [-0.3, -0.25) is 9.59 Å². The number of pyridine rings is 1. The molecule has 0 radical (unpaired) electrons.